The normalized spacial score (nSPS) is 16.9. The zero-order valence-corrected chi connectivity index (χ0v) is 26.5. The van der Waals surface area contributed by atoms with E-state index in [1.54, 1.807) is 23.1 Å². The number of tetrazole rings is 1. The van der Waals surface area contributed by atoms with Crippen LogP contribution < -0.4 is 14.8 Å². The molecule has 1 saturated carbocycles. The number of anilines is 2. The van der Waals surface area contributed by atoms with E-state index in [-0.39, 0.29) is 11.8 Å². The lowest BCUT2D eigenvalue weighted by Crippen LogP contribution is -2.56. The van der Waals surface area contributed by atoms with Gasteiger partial charge in [-0.25, -0.2) is 19.3 Å². The van der Waals surface area contributed by atoms with Gasteiger partial charge < -0.3 is 19.5 Å². The van der Waals surface area contributed by atoms with Gasteiger partial charge in [-0.3, -0.25) is 4.90 Å². The molecule has 1 atom stereocenters. The standard InChI is InChI=1S/C32H38N12O3/c1-24(21-43-23-37-40-41-43)47-29-17-25(7-8-26(29)18-34)27-19-35-31(36-20-27)38-28-22-44(39-30(28)46-14-6-5-11-33)32(9-3-2-4-10-32)42-12-15-45-16-13-42/h7-8,17,19-20,22-24H,2-6,9-10,12-16,21H2,1H3,(H,35,36,38). The fourth-order valence-corrected chi connectivity index (χ4v) is 6.21. The Labute approximate surface area is 273 Å². The van der Waals surface area contributed by atoms with Crippen molar-refractivity contribution in [3.8, 4) is 34.9 Å². The lowest BCUT2D eigenvalue weighted by atomic mass is 9.87. The molecular formula is C32H38N12O3. The van der Waals surface area contributed by atoms with Gasteiger partial charge in [0, 0.05) is 37.5 Å². The van der Waals surface area contributed by atoms with Gasteiger partial charge in [-0.15, -0.1) is 10.2 Å². The van der Waals surface area contributed by atoms with Crippen molar-refractivity contribution in [2.45, 2.75) is 70.2 Å². The molecule has 1 saturated heterocycles. The highest BCUT2D eigenvalue weighted by atomic mass is 16.5. The first-order chi connectivity index (χ1) is 23.1. The Morgan fingerprint density at radius 3 is 2.62 bits per heavy atom. The zero-order chi connectivity index (χ0) is 32.5. The van der Waals surface area contributed by atoms with Crippen LogP contribution in [-0.4, -0.2) is 83.9 Å². The number of nitrogens with zero attached hydrogens (tertiary/aromatic N) is 11. The minimum atomic E-state index is -0.281. The highest BCUT2D eigenvalue weighted by Crippen LogP contribution is 2.40. The van der Waals surface area contributed by atoms with E-state index in [1.165, 1.54) is 12.7 Å². The molecule has 1 aliphatic carbocycles. The Morgan fingerprint density at radius 2 is 1.89 bits per heavy atom. The second kappa shape index (κ2) is 15.0. The van der Waals surface area contributed by atoms with Crippen LogP contribution in [0, 0.1) is 22.7 Å². The van der Waals surface area contributed by atoms with E-state index in [0.29, 0.717) is 68.0 Å². The fraction of sp³-hybridized carbons (Fsp3) is 0.500. The molecule has 2 aliphatic rings. The highest BCUT2D eigenvalue weighted by molar-refractivity contribution is 5.67. The third-order valence-electron chi connectivity index (χ3n) is 8.53. The summed E-state index contributed by atoms with van der Waals surface area (Å²) in [6, 6.07) is 9.74. The minimum Gasteiger partial charge on any atom is -0.487 e. The minimum absolute atomic E-state index is 0.254. The van der Waals surface area contributed by atoms with Gasteiger partial charge in [0.1, 0.15) is 35.6 Å². The van der Waals surface area contributed by atoms with Crippen molar-refractivity contribution in [1.29, 1.82) is 10.5 Å². The fourth-order valence-electron chi connectivity index (χ4n) is 6.21. The van der Waals surface area contributed by atoms with Crippen LogP contribution in [0.4, 0.5) is 11.6 Å². The molecule has 3 aromatic heterocycles. The molecule has 0 amide bonds. The van der Waals surface area contributed by atoms with E-state index in [0.717, 1.165) is 49.9 Å². The van der Waals surface area contributed by atoms with Crippen molar-refractivity contribution < 1.29 is 14.2 Å². The summed E-state index contributed by atoms with van der Waals surface area (Å²) in [6.45, 7) is 5.81. The van der Waals surface area contributed by atoms with Gasteiger partial charge in [0.25, 0.3) is 5.88 Å². The molecule has 15 heteroatoms. The molecule has 1 unspecified atom stereocenters. The number of hydrogen-bond donors (Lipinski definition) is 1. The van der Waals surface area contributed by atoms with Gasteiger partial charge in [-0.1, -0.05) is 12.5 Å². The van der Waals surface area contributed by atoms with Crippen LogP contribution in [0.15, 0.2) is 43.1 Å². The van der Waals surface area contributed by atoms with E-state index in [2.05, 4.69) is 52.5 Å². The number of nitrogens with one attached hydrogen (secondary N) is 1. The maximum absolute atomic E-state index is 9.66. The number of aromatic nitrogens is 8. The predicted molar refractivity (Wildman–Crippen MR) is 169 cm³/mol. The van der Waals surface area contributed by atoms with E-state index in [1.807, 2.05) is 25.3 Å². The molecule has 1 aliphatic heterocycles. The van der Waals surface area contributed by atoms with Crippen molar-refractivity contribution in [2.75, 3.05) is 38.2 Å². The molecule has 47 heavy (non-hydrogen) atoms. The quantitative estimate of drug-likeness (QED) is 0.208. The maximum atomic E-state index is 9.66. The van der Waals surface area contributed by atoms with Crippen LogP contribution in [0.3, 0.4) is 0 Å². The Balaban J connectivity index is 1.22. The molecule has 4 aromatic rings. The van der Waals surface area contributed by atoms with Crippen LogP contribution in [0.25, 0.3) is 11.1 Å². The number of hydrogen-bond acceptors (Lipinski definition) is 13. The van der Waals surface area contributed by atoms with Crippen molar-refractivity contribution in [1.82, 2.24) is 44.9 Å². The van der Waals surface area contributed by atoms with Gasteiger partial charge in [0.15, 0.2) is 0 Å². The lowest BCUT2D eigenvalue weighted by Gasteiger charge is -2.47. The second-order valence-corrected chi connectivity index (χ2v) is 11.7. The summed E-state index contributed by atoms with van der Waals surface area (Å²) >= 11 is 0. The highest BCUT2D eigenvalue weighted by Gasteiger charge is 2.42. The summed E-state index contributed by atoms with van der Waals surface area (Å²) in [5.41, 5.74) is 2.40. The number of rotatable bonds is 13. The van der Waals surface area contributed by atoms with Gasteiger partial charge in [-0.05, 0) is 67.2 Å². The largest absolute Gasteiger partial charge is 0.487 e. The summed E-state index contributed by atoms with van der Waals surface area (Å²) in [4.78, 5) is 11.7. The lowest BCUT2D eigenvalue weighted by molar-refractivity contribution is -0.0836. The Hall–Kier alpha value is -5.12. The van der Waals surface area contributed by atoms with Crippen molar-refractivity contribution in [3.63, 3.8) is 0 Å². The molecule has 15 nitrogen and oxygen atoms in total. The van der Waals surface area contributed by atoms with Crippen LogP contribution in [0.5, 0.6) is 11.6 Å². The third-order valence-corrected chi connectivity index (χ3v) is 8.53. The van der Waals surface area contributed by atoms with Crippen LogP contribution in [0.2, 0.25) is 0 Å². The Bertz CT molecular complexity index is 1680. The van der Waals surface area contributed by atoms with Crippen molar-refractivity contribution >= 4 is 11.6 Å². The average Bonchev–Trinajstić information content (AvgIpc) is 3.78. The monoisotopic (exact) mass is 638 g/mol. The summed E-state index contributed by atoms with van der Waals surface area (Å²) in [7, 11) is 0. The zero-order valence-electron chi connectivity index (χ0n) is 26.5. The molecule has 0 spiro atoms. The van der Waals surface area contributed by atoms with Crippen LogP contribution >= 0.6 is 0 Å². The van der Waals surface area contributed by atoms with Crippen molar-refractivity contribution in [2.24, 2.45) is 0 Å². The molecule has 244 valence electrons. The predicted octanol–water partition coefficient (Wildman–Crippen LogP) is 4.04. The van der Waals surface area contributed by atoms with E-state index in [4.69, 9.17) is 24.6 Å². The van der Waals surface area contributed by atoms with Gasteiger partial charge in [0.2, 0.25) is 5.95 Å². The number of benzene rings is 1. The first kappa shape index (κ1) is 31.8. The Morgan fingerprint density at radius 1 is 1.09 bits per heavy atom. The number of unbranched alkanes of at least 4 members (excludes halogenated alkanes) is 1. The number of morpholine rings is 1. The summed E-state index contributed by atoms with van der Waals surface area (Å²) in [5, 5.41) is 38.1. The Kier molecular flexibility index (Phi) is 10.2. The average molecular weight is 639 g/mol. The SMILES string of the molecule is CC(Cn1cnnn1)Oc1cc(-c2cnc(Nc3cn(C4(N5CCOCC5)CCCCC4)nc3OCCCC#N)nc2)ccc1C#N. The van der Waals surface area contributed by atoms with Gasteiger partial charge in [0.05, 0.1) is 44.2 Å². The smallest absolute Gasteiger partial charge is 0.257 e. The second-order valence-electron chi connectivity index (χ2n) is 11.7. The maximum Gasteiger partial charge on any atom is 0.257 e. The van der Waals surface area contributed by atoms with Crippen LogP contribution in [0.1, 0.15) is 57.4 Å². The van der Waals surface area contributed by atoms with Crippen molar-refractivity contribution in [3.05, 3.63) is 48.7 Å². The van der Waals surface area contributed by atoms with E-state index in [9.17, 15) is 5.26 Å². The molecule has 0 bridgehead atoms. The molecule has 0 radical (unpaired) electrons. The molecule has 2 fully saturated rings. The molecular weight excluding hydrogens is 600 g/mol. The van der Waals surface area contributed by atoms with Crippen LogP contribution in [-0.2, 0) is 16.9 Å². The topological polar surface area (TPSA) is 178 Å². The number of nitriles is 2. The van der Waals surface area contributed by atoms with E-state index < -0.39 is 0 Å². The molecule has 1 aromatic carbocycles. The number of ether oxygens (including phenoxy) is 3. The van der Waals surface area contributed by atoms with E-state index >= 15 is 0 Å². The summed E-state index contributed by atoms with van der Waals surface area (Å²) in [5.74, 6) is 1.30. The first-order valence-corrected chi connectivity index (χ1v) is 16.0. The molecule has 1 N–H and O–H groups in total. The summed E-state index contributed by atoms with van der Waals surface area (Å²) < 4.78 is 21.5. The first-order valence-electron chi connectivity index (χ1n) is 16.0. The molecule has 6 rings (SSSR count). The molecule has 4 heterocycles. The van der Waals surface area contributed by atoms with Gasteiger partial charge >= 0.3 is 0 Å². The van der Waals surface area contributed by atoms with Gasteiger partial charge in [-0.2, -0.15) is 10.5 Å². The third kappa shape index (κ3) is 7.48. The summed E-state index contributed by atoms with van der Waals surface area (Å²) in [6.07, 6.45) is 13.2.